The topological polar surface area (TPSA) is 57.8 Å². The van der Waals surface area contributed by atoms with Gasteiger partial charge in [0.15, 0.2) is 0 Å². The molecule has 31 heavy (non-hydrogen) atoms. The van der Waals surface area contributed by atoms with Crippen LogP contribution in [0.25, 0.3) is 11.1 Å². The Morgan fingerprint density at radius 3 is 2.45 bits per heavy atom. The van der Waals surface area contributed by atoms with Crippen molar-refractivity contribution in [2.45, 2.75) is 59.2 Å². The lowest BCUT2D eigenvalue weighted by atomic mass is 9.99. The molecule has 0 aliphatic heterocycles. The maximum absolute atomic E-state index is 13.2. The zero-order valence-corrected chi connectivity index (χ0v) is 18.7. The van der Waals surface area contributed by atoms with E-state index < -0.39 is 0 Å². The molecule has 0 spiro atoms. The number of pyridine rings is 1. The van der Waals surface area contributed by atoms with Crippen molar-refractivity contribution in [1.82, 2.24) is 9.88 Å². The molecule has 4 nitrogen and oxygen atoms in total. The number of unbranched alkanes of at least 4 members (excludes halogenated alkanes) is 1. The molecule has 0 unspecified atom stereocenters. The molecule has 0 amide bonds. The quantitative estimate of drug-likeness (QED) is 0.519. The maximum Gasteiger partial charge on any atom is 0.255 e. The first-order valence-electron chi connectivity index (χ1n) is 11.1. The monoisotopic (exact) mass is 413 g/mol. The van der Waals surface area contributed by atoms with Crippen LogP contribution in [-0.2, 0) is 19.5 Å². The lowest BCUT2D eigenvalue weighted by molar-refractivity contribution is 0.577. The van der Waals surface area contributed by atoms with Gasteiger partial charge in [-0.05, 0) is 41.7 Å². The predicted molar refractivity (Wildman–Crippen MR) is 127 cm³/mol. The molecule has 160 valence electrons. The molecule has 1 aromatic heterocycles. The highest BCUT2D eigenvalue weighted by molar-refractivity contribution is 5.70. The van der Waals surface area contributed by atoms with Gasteiger partial charge in [0.1, 0.15) is 0 Å². The first-order chi connectivity index (χ1) is 15.0. The Morgan fingerprint density at radius 1 is 1.03 bits per heavy atom. The van der Waals surface area contributed by atoms with Crippen LogP contribution in [0.1, 0.15) is 56.0 Å². The number of benzene rings is 2. The van der Waals surface area contributed by atoms with Gasteiger partial charge in [0.2, 0.25) is 0 Å². The van der Waals surface area contributed by atoms with E-state index in [2.05, 4.69) is 50.4 Å². The minimum atomic E-state index is 0.0839. The number of nitriles is 1. The molecule has 0 bridgehead atoms. The number of aromatic nitrogens is 1. The molecule has 0 aliphatic rings. The first kappa shape index (κ1) is 22.5. The van der Waals surface area contributed by atoms with Gasteiger partial charge in [-0.15, -0.1) is 0 Å². The summed E-state index contributed by atoms with van der Waals surface area (Å²) in [5, 5.41) is 12.7. The molecule has 2 aromatic carbocycles. The van der Waals surface area contributed by atoms with E-state index in [4.69, 9.17) is 0 Å². The standard InChI is InChI=1S/C27H31N3O/c1-4-5-9-25-16-15-24(18-29-20(2)3)27(31)30(25)19-21-11-13-22(14-12-21)26-10-7-6-8-23(26)17-28/h6-8,10-16,20,29H,4-5,9,18-19H2,1-3H3. The van der Waals surface area contributed by atoms with E-state index in [-0.39, 0.29) is 5.56 Å². The third-order valence-electron chi connectivity index (χ3n) is 5.48. The second-order valence-electron chi connectivity index (χ2n) is 8.23. The number of nitrogens with zero attached hydrogens (tertiary/aromatic N) is 2. The Kier molecular flexibility index (Phi) is 7.81. The SMILES string of the molecule is CCCCc1ccc(CNC(C)C)c(=O)n1Cc1ccc(-c2ccccc2C#N)cc1. The van der Waals surface area contributed by atoms with Crippen LogP contribution in [0.2, 0.25) is 0 Å². The van der Waals surface area contributed by atoms with Crippen molar-refractivity contribution in [3.05, 3.63) is 93.4 Å². The van der Waals surface area contributed by atoms with Crippen LogP contribution in [0, 0.1) is 11.3 Å². The summed E-state index contributed by atoms with van der Waals surface area (Å²) in [7, 11) is 0. The summed E-state index contributed by atoms with van der Waals surface area (Å²) < 4.78 is 1.92. The molecule has 0 atom stereocenters. The summed E-state index contributed by atoms with van der Waals surface area (Å²) >= 11 is 0. The van der Waals surface area contributed by atoms with Crippen LogP contribution >= 0.6 is 0 Å². The smallest absolute Gasteiger partial charge is 0.255 e. The van der Waals surface area contributed by atoms with Crippen LogP contribution in [0.15, 0.2) is 65.5 Å². The van der Waals surface area contributed by atoms with Crippen molar-refractivity contribution in [3.8, 4) is 17.2 Å². The zero-order chi connectivity index (χ0) is 22.2. The van der Waals surface area contributed by atoms with Crippen molar-refractivity contribution in [2.75, 3.05) is 0 Å². The zero-order valence-electron chi connectivity index (χ0n) is 18.7. The predicted octanol–water partition coefficient (Wildman–Crippen LogP) is 5.28. The highest BCUT2D eigenvalue weighted by atomic mass is 16.1. The number of hydrogen-bond acceptors (Lipinski definition) is 3. The highest BCUT2D eigenvalue weighted by Gasteiger charge is 2.11. The normalized spacial score (nSPS) is 10.9. The summed E-state index contributed by atoms with van der Waals surface area (Å²) in [5.41, 5.74) is 5.65. The Bertz CT molecular complexity index is 1100. The summed E-state index contributed by atoms with van der Waals surface area (Å²) in [6, 6.07) is 22.5. The average molecular weight is 414 g/mol. The Balaban J connectivity index is 1.90. The largest absolute Gasteiger partial charge is 0.310 e. The third-order valence-corrected chi connectivity index (χ3v) is 5.48. The van der Waals surface area contributed by atoms with Crippen molar-refractivity contribution in [1.29, 1.82) is 5.26 Å². The summed E-state index contributed by atoms with van der Waals surface area (Å²) in [4.78, 5) is 13.2. The van der Waals surface area contributed by atoms with Gasteiger partial charge >= 0.3 is 0 Å². The van der Waals surface area contributed by atoms with E-state index in [0.717, 1.165) is 47.2 Å². The third kappa shape index (κ3) is 5.71. The molecular weight excluding hydrogens is 382 g/mol. The van der Waals surface area contributed by atoms with Gasteiger partial charge in [-0.25, -0.2) is 0 Å². The Labute approximate surface area is 185 Å². The van der Waals surface area contributed by atoms with E-state index >= 15 is 0 Å². The fourth-order valence-electron chi connectivity index (χ4n) is 3.66. The second kappa shape index (κ2) is 10.7. The summed E-state index contributed by atoms with van der Waals surface area (Å²) in [5.74, 6) is 0. The van der Waals surface area contributed by atoms with Crippen LogP contribution in [0.3, 0.4) is 0 Å². The van der Waals surface area contributed by atoms with E-state index in [1.54, 1.807) is 0 Å². The highest BCUT2D eigenvalue weighted by Crippen LogP contribution is 2.23. The van der Waals surface area contributed by atoms with Crippen LogP contribution in [-0.4, -0.2) is 10.6 Å². The Hall–Kier alpha value is -3.16. The van der Waals surface area contributed by atoms with Gasteiger partial charge in [0.05, 0.1) is 18.2 Å². The van der Waals surface area contributed by atoms with E-state index in [1.807, 2.05) is 47.0 Å². The maximum atomic E-state index is 13.2. The second-order valence-corrected chi connectivity index (χ2v) is 8.23. The van der Waals surface area contributed by atoms with Gasteiger partial charge in [-0.3, -0.25) is 4.79 Å². The molecule has 0 aliphatic carbocycles. The minimum Gasteiger partial charge on any atom is -0.310 e. The molecule has 0 saturated carbocycles. The molecule has 1 heterocycles. The number of rotatable bonds is 9. The molecule has 0 saturated heterocycles. The molecule has 3 aromatic rings. The fourth-order valence-corrected chi connectivity index (χ4v) is 3.66. The molecule has 1 N–H and O–H groups in total. The van der Waals surface area contributed by atoms with Gasteiger partial charge in [-0.2, -0.15) is 5.26 Å². The van der Waals surface area contributed by atoms with Gasteiger partial charge < -0.3 is 9.88 Å². The fraction of sp³-hybridized carbons (Fsp3) is 0.333. The number of nitrogens with one attached hydrogen (secondary N) is 1. The van der Waals surface area contributed by atoms with Gasteiger partial charge in [0.25, 0.3) is 5.56 Å². The molecule has 0 fully saturated rings. The average Bonchev–Trinajstić information content (AvgIpc) is 2.79. The van der Waals surface area contributed by atoms with Crippen molar-refractivity contribution in [3.63, 3.8) is 0 Å². The van der Waals surface area contributed by atoms with Crippen molar-refractivity contribution >= 4 is 0 Å². The van der Waals surface area contributed by atoms with E-state index in [9.17, 15) is 10.1 Å². The van der Waals surface area contributed by atoms with E-state index in [1.165, 1.54) is 0 Å². The van der Waals surface area contributed by atoms with Crippen LogP contribution < -0.4 is 10.9 Å². The van der Waals surface area contributed by atoms with Gasteiger partial charge in [0, 0.05) is 23.8 Å². The summed E-state index contributed by atoms with van der Waals surface area (Å²) in [6.07, 6.45) is 3.06. The minimum absolute atomic E-state index is 0.0839. The van der Waals surface area contributed by atoms with Crippen molar-refractivity contribution < 1.29 is 0 Å². The molecule has 3 rings (SSSR count). The number of aryl methyl sites for hydroxylation is 1. The van der Waals surface area contributed by atoms with Crippen LogP contribution in [0.4, 0.5) is 0 Å². The van der Waals surface area contributed by atoms with Gasteiger partial charge in [-0.1, -0.05) is 75.7 Å². The molecule has 0 radical (unpaired) electrons. The molecule has 4 heteroatoms. The summed E-state index contributed by atoms with van der Waals surface area (Å²) in [6.45, 7) is 7.46. The van der Waals surface area contributed by atoms with E-state index in [0.29, 0.717) is 24.7 Å². The lowest BCUT2D eigenvalue weighted by Crippen LogP contribution is -2.31. The Morgan fingerprint density at radius 2 is 1.77 bits per heavy atom. The number of hydrogen-bond donors (Lipinski definition) is 1. The first-order valence-corrected chi connectivity index (χ1v) is 11.1. The van der Waals surface area contributed by atoms with Crippen molar-refractivity contribution in [2.24, 2.45) is 0 Å². The molecular formula is C27H31N3O. The lowest BCUT2D eigenvalue weighted by Gasteiger charge is -2.16. The van der Waals surface area contributed by atoms with Crippen LogP contribution in [0.5, 0.6) is 0 Å².